The Labute approximate surface area is 142 Å². The van der Waals surface area contributed by atoms with Crippen molar-refractivity contribution in [1.82, 2.24) is 15.0 Å². The highest BCUT2D eigenvalue weighted by Gasteiger charge is 2.17. The average Bonchev–Trinajstić information content (AvgIpc) is 2.60. The first kappa shape index (κ1) is 18.1. The van der Waals surface area contributed by atoms with Gasteiger partial charge in [0, 0.05) is 17.8 Å². The molecule has 0 saturated carbocycles. The van der Waals surface area contributed by atoms with Crippen LogP contribution in [0.25, 0.3) is 0 Å². The van der Waals surface area contributed by atoms with Crippen molar-refractivity contribution in [2.75, 3.05) is 0 Å². The summed E-state index contributed by atoms with van der Waals surface area (Å²) in [6, 6.07) is 11.2. The summed E-state index contributed by atoms with van der Waals surface area (Å²) in [4.78, 5) is 16.4. The fourth-order valence-electron chi connectivity index (χ4n) is 1.98. The second-order valence-electron chi connectivity index (χ2n) is 5.46. The minimum atomic E-state index is -3.56. The molecule has 2 N–H and O–H groups in total. The molecule has 1 aromatic carbocycles. The lowest BCUT2D eigenvalue weighted by Crippen LogP contribution is -2.32. The van der Waals surface area contributed by atoms with E-state index < -0.39 is 10.0 Å². The number of rotatable bonds is 7. The zero-order valence-corrected chi connectivity index (χ0v) is 14.5. The van der Waals surface area contributed by atoms with Crippen molar-refractivity contribution in [3.63, 3.8) is 0 Å². The number of hydrogen-bond acceptors (Lipinski definition) is 4. The van der Waals surface area contributed by atoms with Crippen LogP contribution in [0.15, 0.2) is 53.6 Å². The summed E-state index contributed by atoms with van der Waals surface area (Å²) < 4.78 is 26.9. The number of nitrogens with one attached hydrogen (secondary N) is 2. The first-order chi connectivity index (χ1) is 11.4. The fourth-order valence-corrected chi connectivity index (χ4v) is 3.30. The van der Waals surface area contributed by atoms with E-state index >= 15 is 0 Å². The number of pyridine rings is 1. The van der Waals surface area contributed by atoms with Gasteiger partial charge >= 0.3 is 0 Å². The van der Waals surface area contributed by atoms with Crippen molar-refractivity contribution >= 4 is 15.9 Å². The second-order valence-corrected chi connectivity index (χ2v) is 7.17. The molecule has 0 saturated heterocycles. The van der Waals surface area contributed by atoms with E-state index in [9.17, 15) is 13.2 Å². The Hall–Kier alpha value is -2.25. The van der Waals surface area contributed by atoms with Gasteiger partial charge in [0.1, 0.15) is 0 Å². The number of hydrogen-bond donors (Lipinski definition) is 2. The van der Waals surface area contributed by atoms with E-state index in [1.165, 1.54) is 24.3 Å². The topological polar surface area (TPSA) is 88.2 Å². The van der Waals surface area contributed by atoms with Crippen LogP contribution in [-0.2, 0) is 16.6 Å². The number of aromatic nitrogens is 1. The monoisotopic (exact) mass is 347 g/mol. The summed E-state index contributed by atoms with van der Waals surface area (Å²) in [5.41, 5.74) is 1.15. The quantitative estimate of drug-likeness (QED) is 0.803. The normalized spacial score (nSPS) is 12.6. The van der Waals surface area contributed by atoms with E-state index in [4.69, 9.17) is 0 Å². The van der Waals surface area contributed by atoms with Crippen molar-refractivity contribution in [3.05, 3.63) is 59.9 Å². The third-order valence-corrected chi connectivity index (χ3v) is 5.16. The molecule has 0 fully saturated rings. The lowest BCUT2D eigenvalue weighted by atomic mass is 10.2. The van der Waals surface area contributed by atoms with Crippen LogP contribution in [0, 0.1) is 0 Å². The summed E-state index contributed by atoms with van der Waals surface area (Å²) in [5.74, 6) is -0.278. The summed E-state index contributed by atoms with van der Waals surface area (Å²) in [5, 5.41) is 2.75. The number of carbonyl (C=O) groups is 1. The molecule has 0 bridgehead atoms. The maximum absolute atomic E-state index is 12.2. The van der Waals surface area contributed by atoms with Gasteiger partial charge in [-0.15, -0.1) is 0 Å². The largest absolute Gasteiger partial charge is 0.346 e. The summed E-state index contributed by atoms with van der Waals surface area (Å²) in [6.07, 6.45) is 2.36. The van der Waals surface area contributed by atoms with Crippen LogP contribution in [0.3, 0.4) is 0 Å². The molecule has 128 valence electrons. The minimum Gasteiger partial charge on any atom is -0.346 e. The molecular weight excluding hydrogens is 326 g/mol. The molecule has 6 nitrogen and oxygen atoms in total. The molecule has 1 aromatic heterocycles. The molecule has 2 aromatic rings. The number of carbonyl (C=O) groups excluding carboxylic acids is 1. The van der Waals surface area contributed by atoms with E-state index in [0.717, 1.165) is 5.69 Å². The van der Waals surface area contributed by atoms with Gasteiger partial charge in [-0.1, -0.05) is 13.0 Å². The smallest absolute Gasteiger partial charge is 0.251 e. The minimum absolute atomic E-state index is 0.142. The van der Waals surface area contributed by atoms with E-state index in [1.807, 2.05) is 19.1 Å². The highest BCUT2D eigenvalue weighted by molar-refractivity contribution is 7.89. The molecule has 2 rings (SSSR count). The molecule has 0 aliphatic carbocycles. The van der Waals surface area contributed by atoms with Crippen molar-refractivity contribution in [2.45, 2.75) is 37.8 Å². The maximum Gasteiger partial charge on any atom is 0.251 e. The molecule has 0 spiro atoms. The van der Waals surface area contributed by atoms with Gasteiger partial charge in [-0.3, -0.25) is 9.78 Å². The predicted molar refractivity (Wildman–Crippen MR) is 91.9 cm³/mol. The number of benzene rings is 1. The van der Waals surface area contributed by atoms with Crippen molar-refractivity contribution in [2.24, 2.45) is 0 Å². The number of sulfonamides is 1. The van der Waals surface area contributed by atoms with Gasteiger partial charge in [-0.2, -0.15) is 0 Å². The molecule has 1 amide bonds. The molecule has 1 heterocycles. The summed E-state index contributed by atoms with van der Waals surface area (Å²) in [6.45, 7) is 4.02. The molecule has 7 heteroatoms. The molecule has 1 atom stereocenters. The van der Waals surface area contributed by atoms with Gasteiger partial charge in [0.25, 0.3) is 5.91 Å². The van der Waals surface area contributed by atoms with Crippen LogP contribution in [-0.4, -0.2) is 25.4 Å². The highest BCUT2D eigenvalue weighted by atomic mass is 32.2. The van der Waals surface area contributed by atoms with Crippen LogP contribution < -0.4 is 10.0 Å². The van der Waals surface area contributed by atoms with Crippen LogP contribution in [0.5, 0.6) is 0 Å². The maximum atomic E-state index is 12.2. The first-order valence-corrected chi connectivity index (χ1v) is 9.21. The zero-order chi connectivity index (χ0) is 17.6. The van der Waals surface area contributed by atoms with Gasteiger partial charge in [0.05, 0.1) is 17.1 Å². The highest BCUT2D eigenvalue weighted by Crippen LogP contribution is 2.12. The molecule has 0 unspecified atom stereocenters. The van der Waals surface area contributed by atoms with Crippen LogP contribution in [0.4, 0.5) is 0 Å². The van der Waals surface area contributed by atoms with E-state index in [2.05, 4.69) is 15.0 Å². The molecular formula is C17H21N3O3S. The Morgan fingerprint density at radius 3 is 2.46 bits per heavy atom. The number of nitrogens with zero attached hydrogens (tertiary/aromatic N) is 1. The van der Waals surface area contributed by atoms with Crippen molar-refractivity contribution in [3.8, 4) is 0 Å². The Kier molecular flexibility index (Phi) is 6.05. The SMILES string of the molecule is CC[C@H](C)NS(=O)(=O)c1ccc(C(=O)NCc2ccccn2)cc1. The van der Waals surface area contributed by atoms with E-state index in [0.29, 0.717) is 18.5 Å². The van der Waals surface area contributed by atoms with Crippen molar-refractivity contribution < 1.29 is 13.2 Å². The predicted octanol–water partition coefficient (Wildman–Crippen LogP) is 2.09. The Balaban J connectivity index is 2.02. The summed E-state index contributed by atoms with van der Waals surface area (Å²) in [7, 11) is -3.56. The second kappa shape index (κ2) is 8.03. The average molecular weight is 347 g/mol. The van der Waals surface area contributed by atoms with Crippen LogP contribution >= 0.6 is 0 Å². The zero-order valence-electron chi connectivity index (χ0n) is 13.7. The number of amides is 1. The Morgan fingerprint density at radius 1 is 1.17 bits per heavy atom. The Morgan fingerprint density at radius 2 is 1.88 bits per heavy atom. The first-order valence-electron chi connectivity index (χ1n) is 7.73. The Bertz CT molecular complexity index is 774. The summed E-state index contributed by atoms with van der Waals surface area (Å²) >= 11 is 0. The molecule has 24 heavy (non-hydrogen) atoms. The van der Waals surface area contributed by atoms with Crippen molar-refractivity contribution in [1.29, 1.82) is 0 Å². The van der Waals surface area contributed by atoms with Crippen LogP contribution in [0.2, 0.25) is 0 Å². The fraction of sp³-hybridized carbons (Fsp3) is 0.294. The standard InChI is InChI=1S/C17H21N3O3S/c1-3-13(2)20-24(22,23)16-9-7-14(8-10-16)17(21)19-12-15-6-4-5-11-18-15/h4-11,13,20H,3,12H2,1-2H3,(H,19,21)/t13-/m0/s1. The lowest BCUT2D eigenvalue weighted by Gasteiger charge is -2.12. The third-order valence-electron chi connectivity index (χ3n) is 3.55. The van der Waals surface area contributed by atoms with Gasteiger partial charge in [-0.05, 0) is 49.7 Å². The van der Waals surface area contributed by atoms with Gasteiger partial charge in [-0.25, -0.2) is 13.1 Å². The van der Waals surface area contributed by atoms with Gasteiger partial charge in [0.2, 0.25) is 10.0 Å². The van der Waals surface area contributed by atoms with Crippen LogP contribution in [0.1, 0.15) is 36.3 Å². The molecule has 0 aliphatic heterocycles. The molecule has 0 aliphatic rings. The third kappa shape index (κ3) is 4.87. The van der Waals surface area contributed by atoms with E-state index in [-0.39, 0.29) is 16.8 Å². The van der Waals surface area contributed by atoms with E-state index in [1.54, 1.807) is 19.2 Å². The van der Waals surface area contributed by atoms with Gasteiger partial charge in [0.15, 0.2) is 0 Å². The van der Waals surface area contributed by atoms with Gasteiger partial charge < -0.3 is 5.32 Å². The molecule has 0 radical (unpaired) electrons. The lowest BCUT2D eigenvalue weighted by molar-refractivity contribution is 0.0950.